The number of piperidine rings is 1. The van der Waals surface area contributed by atoms with Crippen molar-refractivity contribution in [1.29, 1.82) is 0 Å². The van der Waals surface area contributed by atoms with Gasteiger partial charge in [-0.1, -0.05) is 44.5 Å². The van der Waals surface area contributed by atoms with Gasteiger partial charge in [-0.25, -0.2) is 13.4 Å². The number of H-pyrrole nitrogens is 1. The minimum absolute atomic E-state index is 0.102. The highest BCUT2D eigenvalue weighted by molar-refractivity contribution is 7.89. The fourth-order valence-electron chi connectivity index (χ4n) is 5.44. The minimum atomic E-state index is -4.24. The van der Waals surface area contributed by atoms with Crippen molar-refractivity contribution >= 4 is 33.2 Å². The number of nitrogens with zero attached hydrogens (tertiary/aromatic N) is 2. The number of imidazole rings is 1. The van der Waals surface area contributed by atoms with E-state index in [2.05, 4.69) is 26.9 Å². The summed E-state index contributed by atoms with van der Waals surface area (Å²) in [4.78, 5) is 35.4. The third kappa shape index (κ3) is 7.57. The number of carbonyl (C=O) groups is 2. The Balaban J connectivity index is 1.66. The summed E-state index contributed by atoms with van der Waals surface area (Å²) in [5, 5.41) is 2.79. The van der Waals surface area contributed by atoms with Crippen molar-refractivity contribution in [3.8, 4) is 11.1 Å². The average molecular weight is 595 g/mol. The first-order valence-electron chi connectivity index (χ1n) is 14.7. The smallest absolute Gasteiger partial charge is 0.243 e. The second kappa shape index (κ2) is 14.0. The number of hydrogen-bond donors (Lipinski definition) is 4. The van der Waals surface area contributed by atoms with Crippen molar-refractivity contribution in [1.82, 2.24) is 19.6 Å². The number of para-hydroxylation sites is 1. The van der Waals surface area contributed by atoms with Crippen molar-refractivity contribution in [3.63, 3.8) is 0 Å². The van der Waals surface area contributed by atoms with Gasteiger partial charge < -0.3 is 20.9 Å². The first kappa shape index (κ1) is 31.2. The molecule has 0 bridgehead atoms. The molecule has 1 aromatic heterocycles. The molecule has 2 amide bonds. The lowest BCUT2D eigenvalue weighted by atomic mass is 9.94. The largest absolute Gasteiger partial charge is 0.399 e. The van der Waals surface area contributed by atoms with Gasteiger partial charge in [0.15, 0.2) is 0 Å². The number of likely N-dealkylation sites (tertiary alicyclic amines) is 1. The predicted octanol–water partition coefficient (Wildman–Crippen LogP) is 4.63. The van der Waals surface area contributed by atoms with Gasteiger partial charge in [0.1, 0.15) is 10.9 Å². The van der Waals surface area contributed by atoms with E-state index in [1.54, 1.807) is 54.5 Å². The van der Waals surface area contributed by atoms with Crippen LogP contribution in [0.1, 0.15) is 63.8 Å². The Morgan fingerprint density at radius 1 is 1.14 bits per heavy atom. The summed E-state index contributed by atoms with van der Waals surface area (Å²) >= 11 is 0. The number of anilines is 2. The highest BCUT2D eigenvalue weighted by atomic mass is 32.2. The summed E-state index contributed by atoms with van der Waals surface area (Å²) in [6.45, 7) is 7.00. The molecule has 1 atom stereocenters. The Labute approximate surface area is 248 Å². The fourth-order valence-corrected chi connectivity index (χ4v) is 6.84. The molecule has 1 saturated heterocycles. The molecule has 3 aromatic rings. The molecule has 4 rings (SSSR count). The Bertz CT molecular complexity index is 1490. The first-order chi connectivity index (χ1) is 20.1. The van der Waals surface area contributed by atoms with Gasteiger partial charge >= 0.3 is 0 Å². The molecule has 226 valence electrons. The Morgan fingerprint density at radius 3 is 2.52 bits per heavy atom. The molecule has 5 N–H and O–H groups in total. The normalized spacial score (nSPS) is 15.0. The van der Waals surface area contributed by atoms with Gasteiger partial charge in [-0.2, -0.15) is 4.72 Å². The monoisotopic (exact) mass is 594 g/mol. The van der Waals surface area contributed by atoms with Crippen molar-refractivity contribution < 1.29 is 18.0 Å². The van der Waals surface area contributed by atoms with Crippen LogP contribution in [0.3, 0.4) is 0 Å². The van der Waals surface area contributed by atoms with E-state index in [1.165, 1.54) is 6.07 Å². The molecule has 0 aliphatic carbocycles. The van der Waals surface area contributed by atoms with E-state index < -0.39 is 16.1 Å². The van der Waals surface area contributed by atoms with E-state index in [0.29, 0.717) is 55.1 Å². The number of nitrogens with one attached hydrogen (secondary N) is 3. The van der Waals surface area contributed by atoms with Crippen LogP contribution in [0, 0.1) is 12.8 Å². The molecule has 2 aromatic carbocycles. The van der Waals surface area contributed by atoms with Crippen LogP contribution in [-0.4, -0.2) is 54.2 Å². The second-order valence-corrected chi connectivity index (χ2v) is 12.6. The Hall–Kier alpha value is -3.70. The van der Waals surface area contributed by atoms with Gasteiger partial charge in [0.25, 0.3) is 0 Å². The standard InChI is InChI=1S/C31H42N6O4S/c1-4-22-15-17-37(18-16-22)31(39)27(13-8-12-26-21(3)33-20-34-26)36-42(40,41)28-14-7-11-25(30(28)35-29(38)5-2)23-9-6-10-24(32)19-23/h6-7,9-11,14,19-20,22,27,36H,4-5,8,12-13,15-18,32H2,1-3H3,(H,33,34)(H,35,38)/t27-/m0/s1. The first-order valence-corrected chi connectivity index (χ1v) is 16.2. The summed E-state index contributed by atoms with van der Waals surface area (Å²) in [6, 6.07) is 10.9. The summed E-state index contributed by atoms with van der Waals surface area (Å²) < 4.78 is 30.8. The molecule has 2 heterocycles. The maximum absolute atomic E-state index is 14.0. The highest BCUT2D eigenvalue weighted by Crippen LogP contribution is 2.35. The van der Waals surface area contributed by atoms with E-state index in [-0.39, 0.29) is 28.8 Å². The van der Waals surface area contributed by atoms with Gasteiger partial charge in [-0.05, 0) is 68.7 Å². The van der Waals surface area contributed by atoms with E-state index in [0.717, 1.165) is 30.7 Å². The van der Waals surface area contributed by atoms with Crippen LogP contribution < -0.4 is 15.8 Å². The molecule has 0 radical (unpaired) electrons. The molecule has 0 saturated carbocycles. The maximum atomic E-state index is 14.0. The molecule has 1 aliphatic rings. The highest BCUT2D eigenvalue weighted by Gasteiger charge is 2.33. The van der Waals surface area contributed by atoms with Crippen LogP contribution in [0.4, 0.5) is 11.4 Å². The number of benzene rings is 2. The number of aromatic amines is 1. The van der Waals surface area contributed by atoms with Crippen LogP contribution in [0.15, 0.2) is 53.7 Å². The number of aromatic nitrogens is 2. The third-order valence-corrected chi connectivity index (χ3v) is 9.55. The molecule has 42 heavy (non-hydrogen) atoms. The number of amides is 2. The van der Waals surface area contributed by atoms with E-state index in [4.69, 9.17) is 5.73 Å². The lowest BCUT2D eigenvalue weighted by Crippen LogP contribution is -2.50. The van der Waals surface area contributed by atoms with Crippen molar-refractivity contribution in [3.05, 3.63) is 60.2 Å². The molecule has 1 fully saturated rings. The lowest BCUT2D eigenvalue weighted by molar-refractivity contribution is -0.134. The quantitative estimate of drug-likeness (QED) is 0.225. The van der Waals surface area contributed by atoms with E-state index >= 15 is 0 Å². The van der Waals surface area contributed by atoms with E-state index in [1.807, 2.05) is 6.92 Å². The molecular formula is C31H42N6O4S. The zero-order valence-electron chi connectivity index (χ0n) is 24.7. The van der Waals surface area contributed by atoms with Gasteiger partial charge in [0.05, 0.1) is 17.7 Å². The summed E-state index contributed by atoms with van der Waals surface area (Å²) in [6.07, 6.45) is 6.17. The van der Waals surface area contributed by atoms with Crippen LogP contribution >= 0.6 is 0 Å². The number of rotatable bonds is 12. The molecule has 11 heteroatoms. The van der Waals surface area contributed by atoms with Crippen molar-refractivity contribution in [2.75, 3.05) is 24.1 Å². The molecule has 10 nitrogen and oxygen atoms in total. The zero-order valence-corrected chi connectivity index (χ0v) is 25.5. The Kier molecular flexibility index (Phi) is 10.4. The van der Waals surface area contributed by atoms with Gasteiger partial charge in [-0.15, -0.1) is 0 Å². The summed E-state index contributed by atoms with van der Waals surface area (Å²) in [7, 11) is -4.24. The Morgan fingerprint density at radius 2 is 1.88 bits per heavy atom. The average Bonchev–Trinajstić information content (AvgIpc) is 3.40. The second-order valence-electron chi connectivity index (χ2n) is 10.9. The lowest BCUT2D eigenvalue weighted by Gasteiger charge is -2.34. The number of nitrogens with two attached hydrogens (primary N) is 1. The molecule has 0 spiro atoms. The van der Waals surface area contributed by atoms with E-state index in [9.17, 15) is 18.0 Å². The number of carbonyl (C=O) groups excluding carboxylic acids is 2. The zero-order chi connectivity index (χ0) is 30.3. The minimum Gasteiger partial charge on any atom is -0.399 e. The number of hydrogen-bond acceptors (Lipinski definition) is 6. The summed E-state index contributed by atoms with van der Waals surface area (Å²) in [5.74, 6) is 0.0212. The fraction of sp³-hybridized carbons (Fsp3) is 0.452. The summed E-state index contributed by atoms with van der Waals surface area (Å²) in [5.41, 5.74) is 9.71. The molecular weight excluding hydrogens is 552 g/mol. The maximum Gasteiger partial charge on any atom is 0.243 e. The SMILES string of the molecule is CCC(=O)Nc1c(-c2cccc(N)c2)cccc1S(=O)(=O)N[C@@H](CCCc1nc[nH]c1C)C(=O)N1CCC(CC)CC1. The van der Waals surface area contributed by atoms with Crippen LogP contribution in [0.5, 0.6) is 0 Å². The van der Waals surface area contributed by atoms with Crippen LogP contribution in [0.25, 0.3) is 11.1 Å². The number of nitrogen functional groups attached to an aromatic ring is 1. The van der Waals surface area contributed by atoms with Crippen LogP contribution in [-0.2, 0) is 26.0 Å². The third-order valence-electron chi connectivity index (χ3n) is 8.04. The topological polar surface area (TPSA) is 150 Å². The van der Waals surface area contributed by atoms with Gasteiger partial charge in [0.2, 0.25) is 21.8 Å². The molecule has 1 aliphatic heterocycles. The van der Waals surface area contributed by atoms with Crippen LogP contribution in [0.2, 0.25) is 0 Å². The molecule has 0 unspecified atom stereocenters. The van der Waals surface area contributed by atoms with Gasteiger partial charge in [-0.3, -0.25) is 9.59 Å². The van der Waals surface area contributed by atoms with Crippen molar-refractivity contribution in [2.24, 2.45) is 5.92 Å². The number of aryl methyl sites for hydroxylation is 2. The van der Waals surface area contributed by atoms with Crippen molar-refractivity contribution in [2.45, 2.75) is 76.7 Å². The number of sulfonamides is 1. The predicted molar refractivity (Wildman–Crippen MR) is 165 cm³/mol. The van der Waals surface area contributed by atoms with Gasteiger partial charge in [0, 0.05) is 36.5 Å².